The number of nitrogens with zero attached hydrogens (tertiary/aromatic N) is 2. The quantitative estimate of drug-likeness (QED) is 0.726. The number of hydrogen-bond acceptors (Lipinski definition) is 5. The Bertz CT molecular complexity index is 1070. The van der Waals surface area contributed by atoms with Gasteiger partial charge in [-0.15, -0.1) is 0 Å². The number of hydrazine groups is 1. The Hall–Kier alpha value is -2.77. The number of hydrogen-bond donors (Lipinski definition) is 1. The normalized spacial score (nSPS) is 19.7. The summed E-state index contributed by atoms with van der Waals surface area (Å²) >= 11 is 0. The second-order valence-electron chi connectivity index (χ2n) is 6.80. The minimum absolute atomic E-state index is 0.226. The fraction of sp³-hybridized carbons (Fsp3) is 0.190. The summed E-state index contributed by atoms with van der Waals surface area (Å²) in [6.07, 6.45) is 2.07. The van der Waals surface area contributed by atoms with Gasteiger partial charge in [0.1, 0.15) is 11.2 Å². The van der Waals surface area contributed by atoms with Crippen molar-refractivity contribution in [3.63, 3.8) is 0 Å². The molecule has 1 aromatic heterocycles. The van der Waals surface area contributed by atoms with Gasteiger partial charge in [-0.05, 0) is 61.0 Å². The first-order valence-electron chi connectivity index (χ1n) is 8.97. The highest BCUT2D eigenvalue weighted by Crippen LogP contribution is 2.37. The van der Waals surface area contributed by atoms with Gasteiger partial charge in [0.25, 0.3) is 0 Å². The molecule has 0 spiro atoms. The van der Waals surface area contributed by atoms with Gasteiger partial charge in [-0.25, -0.2) is 18.2 Å². The average molecular weight is 397 g/mol. The van der Waals surface area contributed by atoms with E-state index in [9.17, 15) is 12.8 Å². The van der Waals surface area contributed by atoms with E-state index in [0.717, 1.165) is 11.3 Å². The van der Waals surface area contributed by atoms with E-state index < -0.39 is 15.2 Å². The van der Waals surface area contributed by atoms with Gasteiger partial charge >= 0.3 is 0 Å². The van der Waals surface area contributed by atoms with E-state index in [1.165, 1.54) is 12.1 Å². The van der Waals surface area contributed by atoms with Crippen molar-refractivity contribution in [1.82, 2.24) is 10.4 Å². The molecule has 5 nitrogen and oxygen atoms in total. The topological polar surface area (TPSA) is 62.3 Å². The van der Waals surface area contributed by atoms with Crippen molar-refractivity contribution in [1.29, 1.82) is 0 Å². The van der Waals surface area contributed by atoms with Gasteiger partial charge in [0.2, 0.25) is 0 Å². The van der Waals surface area contributed by atoms with Crippen LogP contribution in [0.25, 0.3) is 0 Å². The largest absolute Gasteiger partial charge is 0.300 e. The van der Waals surface area contributed by atoms with E-state index in [0.29, 0.717) is 12.1 Å². The van der Waals surface area contributed by atoms with Crippen LogP contribution < -0.4 is 10.4 Å². The maximum absolute atomic E-state index is 13.4. The predicted octanol–water partition coefficient (Wildman–Crippen LogP) is 3.79. The summed E-state index contributed by atoms with van der Waals surface area (Å²) in [6.45, 7) is 1.90. The van der Waals surface area contributed by atoms with Crippen molar-refractivity contribution < 1.29 is 12.8 Å². The van der Waals surface area contributed by atoms with Crippen molar-refractivity contribution in [2.24, 2.45) is 0 Å². The molecule has 0 bridgehead atoms. The van der Waals surface area contributed by atoms with Gasteiger partial charge in [0.05, 0.1) is 16.6 Å². The molecule has 0 radical (unpaired) electrons. The van der Waals surface area contributed by atoms with Crippen molar-refractivity contribution in [3.8, 4) is 0 Å². The zero-order valence-corrected chi connectivity index (χ0v) is 16.1. The lowest BCUT2D eigenvalue weighted by molar-refractivity contribution is 0.569. The number of anilines is 1. The lowest BCUT2D eigenvalue weighted by Gasteiger charge is -2.26. The molecule has 4 rings (SSSR count). The van der Waals surface area contributed by atoms with Gasteiger partial charge in [-0.2, -0.15) is 0 Å². The second kappa shape index (κ2) is 7.33. The van der Waals surface area contributed by atoms with E-state index in [-0.39, 0.29) is 16.8 Å². The molecular weight excluding hydrogens is 377 g/mol. The van der Waals surface area contributed by atoms with E-state index >= 15 is 0 Å². The molecule has 1 aliphatic heterocycles. The smallest absolute Gasteiger partial charge is 0.195 e. The first-order valence-corrected chi connectivity index (χ1v) is 10.5. The second-order valence-corrected chi connectivity index (χ2v) is 8.93. The van der Waals surface area contributed by atoms with E-state index in [1.807, 2.05) is 19.1 Å². The van der Waals surface area contributed by atoms with Crippen LogP contribution in [0.5, 0.6) is 0 Å². The summed E-state index contributed by atoms with van der Waals surface area (Å²) in [5.74, 6) is -0.340. The fourth-order valence-electron chi connectivity index (χ4n) is 3.49. The number of pyridine rings is 1. The van der Waals surface area contributed by atoms with Crippen LogP contribution in [0, 0.1) is 12.7 Å². The Labute approximate surface area is 163 Å². The Morgan fingerprint density at radius 3 is 2.46 bits per heavy atom. The fourth-order valence-corrected chi connectivity index (χ4v) is 5.05. The lowest BCUT2D eigenvalue weighted by Crippen LogP contribution is -2.40. The molecule has 2 heterocycles. The number of aryl methyl sites for hydroxylation is 1. The first kappa shape index (κ1) is 18.6. The number of rotatable bonds is 4. The number of nitrogens with one attached hydrogen (secondary N) is 1. The Kier molecular flexibility index (Phi) is 4.87. The van der Waals surface area contributed by atoms with Crippen LogP contribution in [0.15, 0.2) is 77.8 Å². The van der Waals surface area contributed by atoms with Crippen LogP contribution in [0.2, 0.25) is 0 Å². The summed E-state index contributed by atoms with van der Waals surface area (Å²) in [4.78, 5) is 4.51. The Balaban J connectivity index is 1.74. The predicted molar refractivity (Wildman–Crippen MR) is 106 cm³/mol. The number of benzene rings is 2. The standard InChI is InChI=1S/C21H20FN3O2S/c1-15-13-16(11-12-23-15)20-14-21(28(26,27)19-5-3-2-4-6-19)24-25(20)18-9-7-17(22)8-10-18/h2-13,20-21,24H,14H2,1H3. The van der Waals surface area contributed by atoms with Gasteiger partial charge in [0.15, 0.2) is 9.84 Å². The van der Waals surface area contributed by atoms with E-state index in [2.05, 4.69) is 10.4 Å². The maximum Gasteiger partial charge on any atom is 0.195 e. The molecule has 1 fully saturated rings. The average Bonchev–Trinajstić information content (AvgIpc) is 3.15. The van der Waals surface area contributed by atoms with Crippen LogP contribution in [0.3, 0.4) is 0 Å². The highest BCUT2D eigenvalue weighted by atomic mass is 32.2. The zero-order valence-electron chi connectivity index (χ0n) is 15.3. The van der Waals surface area contributed by atoms with E-state index in [1.54, 1.807) is 53.7 Å². The summed E-state index contributed by atoms with van der Waals surface area (Å²) in [6, 6.07) is 18.0. The van der Waals surface area contributed by atoms with Crippen LogP contribution in [-0.2, 0) is 9.84 Å². The summed E-state index contributed by atoms with van der Waals surface area (Å²) in [5.41, 5.74) is 5.64. The zero-order chi connectivity index (χ0) is 19.7. The minimum atomic E-state index is -3.58. The number of halogens is 1. The SMILES string of the molecule is Cc1cc(C2CC(S(=O)(=O)c3ccccc3)NN2c2ccc(F)cc2)ccn1. The van der Waals surface area contributed by atoms with Gasteiger partial charge in [-0.1, -0.05) is 18.2 Å². The molecule has 0 aliphatic carbocycles. The van der Waals surface area contributed by atoms with Crippen molar-refractivity contribution >= 4 is 15.5 Å². The summed E-state index contributed by atoms with van der Waals surface area (Å²) < 4.78 is 39.7. The van der Waals surface area contributed by atoms with Gasteiger partial charge in [-0.3, -0.25) is 9.99 Å². The number of aromatic nitrogens is 1. The molecule has 1 aliphatic rings. The molecule has 1 N–H and O–H groups in total. The molecule has 2 atom stereocenters. The molecule has 1 saturated heterocycles. The van der Waals surface area contributed by atoms with Crippen molar-refractivity contribution in [2.45, 2.75) is 29.7 Å². The monoisotopic (exact) mass is 397 g/mol. The molecule has 0 saturated carbocycles. The molecule has 3 aromatic rings. The maximum atomic E-state index is 13.4. The van der Waals surface area contributed by atoms with Crippen molar-refractivity contribution in [2.75, 3.05) is 5.01 Å². The third-order valence-corrected chi connectivity index (χ3v) is 6.86. The summed E-state index contributed by atoms with van der Waals surface area (Å²) in [7, 11) is -3.58. The molecule has 2 unspecified atom stereocenters. The Morgan fingerprint density at radius 1 is 1.07 bits per heavy atom. The minimum Gasteiger partial charge on any atom is -0.300 e. The van der Waals surface area contributed by atoms with Crippen LogP contribution in [0.1, 0.15) is 23.7 Å². The van der Waals surface area contributed by atoms with Gasteiger partial charge in [0, 0.05) is 18.3 Å². The van der Waals surface area contributed by atoms with Crippen molar-refractivity contribution in [3.05, 3.63) is 90.0 Å². The van der Waals surface area contributed by atoms with Gasteiger partial charge < -0.3 is 0 Å². The Morgan fingerprint density at radius 2 is 1.79 bits per heavy atom. The number of sulfone groups is 1. The summed E-state index contributed by atoms with van der Waals surface area (Å²) in [5, 5.41) is 1.01. The van der Waals surface area contributed by atoms with Crippen LogP contribution in [0.4, 0.5) is 10.1 Å². The molecule has 2 aromatic carbocycles. The molecule has 28 heavy (non-hydrogen) atoms. The molecule has 0 amide bonds. The van der Waals surface area contributed by atoms with E-state index in [4.69, 9.17) is 0 Å². The highest BCUT2D eigenvalue weighted by molar-refractivity contribution is 7.92. The molecule has 7 heteroatoms. The molecule has 144 valence electrons. The van der Waals surface area contributed by atoms with Crippen LogP contribution in [-0.4, -0.2) is 18.8 Å². The third-order valence-electron chi connectivity index (χ3n) is 4.89. The first-order chi connectivity index (χ1) is 13.4. The third kappa shape index (κ3) is 3.50. The highest BCUT2D eigenvalue weighted by Gasteiger charge is 2.40. The lowest BCUT2D eigenvalue weighted by atomic mass is 10.0. The van der Waals surface area contributed by atoms with Crippen LogP contribution >= 0.6 is 0 Å². The molecular formula is C21H20FN3O2S.